The molecule has 3 aromatic heterocycles. The second-order valence-corrected chi connectivity index (χ2v) is 9.58. The Kier molecular flexibility index (Phi) is 6.25. The summed E-state index contributed by atoms with van der Waals surface area (Å²) in [7, 11) is 1.90. The van der Waals surface area contributed by atoms with Crippen LogP contribution in [-0.4, -0.2) is 69.9 Å². The number of aromatic nitrogens is 4. The van der Waals surface area contributed by atoms with E-state index in [1.54, 1.807) is 10.7 Å². The quantitative estimate of drug-likeness (QED) is 0.435. The van der Waals surface area contributed by atoms with Crippen molar-refractivity contribution in [3.8, 4) is 11.3 Å². The summed E-state index contributed by atoms with van der Waals surface area (Å²) in [6.45, 7) is 6.13. The van der Waals surface area contributed by atoms with Crippen LogP contribution >= 0.6 is 0 Å². The second-order valence-electron chi connectivity index (χ2n) is 9.58. The van der Waals surface area contributed by atoms with Crippen LogP contribution in [0.4, 0.5) is 17.6 Å². The van der Waals surface area contributed by atoms with Gasteiger partial charge in [-0.25, -0.2) is 4.98 Å². The molecule has 10 heteroatoms. The van der Waals surface area contributed by atoms with Gasteiger partial charge in [0.05, 0.1) is 18.9 Å². The van der Waals surface area contributed by atoms with Crippen LogP contribution < -0.4 is 10.2 Å². The zero-order valence-electron chi connectivity index (χ0n) is 21.2. The van der Waals surface area contributed by atoms with Gasteiger partial charge in [0, 0.05) is 50.4 Å². The van der Waals surface area contributed by atoms with E-state index in [1.807, 2.05) is 49.2 Å². The fourth-order valence-corrected chi connectivity index (χ4v) is 5.10. The second kappa shape index (κ2) is 9.85. The third-order valence-corrected chi connectivity index (χ3v) is 7.08. The highest BCUT2D eigenvalue weighted by molar-refractivity contribution is 5.97. The monoisotopic (exact) mass is 501 g/mol. The number of hydrogen-bond donors (Lipinski definition) is 1. The Balaban J connectivity index is 1.38. The average Bonchev–Trinajstić information content (AvgIpc) is 3.50. The summed E-state index contributed by atoms with van der Waals surface area (Å²) in [4.78, 5) is 26.8. The van der Waals surface area contributed by atoms with Gasteiger partial charge in [0.25, 0.3) is 5.91 Å². The van der Waals surface area contributed by atoms with Crippen molar-refractivity contribution in [2.24, 2.45) is 7.05 Å². The van der Waals surface area contributed by atoms with E-state index in [1.165, 1.54) is 0 Å². The molecule has 1 aromatic carbocycles. The molecular weight excluding hydrogens is 470 g/mol. The van der Waals surface area contributed by atoms with Gasteiger partial charge in [0.1, 0.15) is 11.3 Å². The van der Waals surface area contributed by atoms with E-state index in [4.69, 9.17) is 24.2 Å². The number of furan rings is 1. The number of piperidine rings is 1. The van der Waals surface area contributed by atoms with E-state index < -0.39 is 0 Å². The van der Waals surface area contributed by atoms with Gasteiger partial charge in [-0.3, -0.25) is 9.48 Å². The molecular formula is C27H31N7O3. The van der Waals surface area contributed by atoms with Crippen LogP contribution in [0.15, 0.2) is 40.8 Å². The van der Waals surface area contributed by atoms with E-state index in [2.05, 4.69) is 10.2 Å². The summed E-state index contributed by atoms with van der Waals surface area (Å²) in [6.07, 6.45) is 3.20. The zero-order valence-corrected chi connectivity index (χ0v) is 21.2. The molecule has 37 heavy (non-hydrogen) atoms. The van der Waals surface area contributed by atoms with Gasteiger partial charge in [-0.05, 0) is 26.2 Å². The van der Waals surface area contributed by atoms with E-state index >= 15 is 0 Å². The molecule has 0 saturated carbocycles. The smallest absolute Gasteiger partial charge is 0.289 e. The lowest BCUT2D eigenvalue weighted by Crippen LogP contribution is -2.37. The molecule has 2 aliphatic rings. The molecule has 0 unspecified atom stereocenters. The number of nitrogens with zero attached hydrogens (tertiary/aromatic N) is 6. The number of fused-ring (bicyclic) bond motifs is 1. The molecule has 6 rings (SSSR count). The van der Waals surface area contributed by atoms with Crippen LogP contribution in [0.5, 0.6) is 0 Å². The third-order valence-electron chi connectivity index (χ3n) is 7.08. The number of aryl methyl sites for hydroxylation is 1. The van der Waals surface area contributed by atoms with E-state index in [0.29, 0.717) is 54.9 Å². The number of ether oxygens (including phenoxy) is 1. The molecule has 0 atom stereocenters. The predicted molar refractivity (Wildman–Crippen MR) is 141 cm³/mol. The topological polar surface area (TPSA) is 102 Å². The molecule has 0 bridgehead atoms. The van der Waals surface area contributed by atoms with Crippen molar-refractivity contribution in [3.63, 3.8) is 0 Å². The Hall–Kier alpha value is -3.92. The van der Waals surface area contributed by atoms with Crippen molar-refractivity contribution >= 4 is 34.6 Å². The lowest BCUT2D eigenvalue weighted by Gasteiger charge is -2.28. The van der Waals surface area contributed by atoms with Gasteiger partial charge < -0.3 is 24.3 Å². The summed E-state index contributed by atoms with van der Waals surface area (Å²) < 4.78 is 13.5. The Labute approximate surface area is 215 Å². The zero-order chi connectivity index (χ0) is 25.4. The molecule has 2 saturated heterocycles. The summed E-state index contributed by atoms with van der Waals surface area (Å²) >= 11 is 0. The van der Waals surface area contributed by atoms with Gasteiger partial charge in [0.2, 0.25) is 5.95 Å². The Morgan fingerprint density at radius 3 is 2.51 bits per heavy atom. The Morgan fingerprint density at radius 2 is 1.76 bits per heavy atom. The molecule has 0 spiro atoms. The fraction of sp³-hybridized carbons (Fsp3) is 0.407. The lowest BCUT2D eigenvalue weighted by molar-refractivity contribution is 0.0694. The Bertz CT molecular complexity index is 1420. The molecule has 2 fully saturated rings. The molecule has 192 valence electrons. The normalized spacial score (nSPS) is 16.4. The molecule has 0 aliphatic carbocycles. The number of carbonyl (C=O) groups is 1. The van der Waals surface area contributed by atoms with Crippen LogP contribution in [-0.2, 0) is 11.8 Å². The van der Waals surface area contributed by atoms with Crippen molar-refractivity contribution < 1.29 is 13.9 Å². The first-order chi connectivity index (χ1) is 18.1. The van der Waals surface area contributed by atoms with E-state index in [-0.39, 0.29) is 5.91 Å². The summed E-state index contributed by atoms with van der Waals surface area (Å²) in [6, 6.07) is 11.8. The predicted octanol–water partition coefficient (Wildman–Crippen LogP) is 4.14. The number of hydrogen-bond acceptors (Lipinski definition) is 8. The highest BCUT2D eigenvalue weighted by Crippen LogP contribution is 2.33. The number of benzene rings is 1. The molecule has 10 nitrogen and oxygen atoms in total. The maximum atomic E-state index is 13.2. The largest absolute Gasteiger partial charge is 0.445 e. The van der Waals surface area contributed by atoms with Crippen molar-refractivity contribution in [3.05, 3.63) is 47.7 Å². The lowest BCUT2D eigenvalue weighted by atomic mass is 10.1. The number of rotatable bonds is 5. The molecule has 0 radical (unpaired) electrons. The van der Waals surface area contributed by atoms with E-state index in [0.717, 1.165) is 55.0 Å². The number of morpholine rings is 1. The number of nitrogens with one attached hydrogen (secondary N) is 1. The number of likely N-dealkylation sites (tertiary alicyclic amines) is 1. The van der Waals surface area contributed by atoms with E-state index in [9.17, 15) is 4.79 Å². The van der Waals surface area contributed by atoms with Crippen molar-refractivity contribution in [1.82, 2.24) is 24.6 Å². The highest BCUT2D eigenvalue weighted by Gasteiger charge is 2.26. The molecule has 5 heterocycles. The summed E-state index contributed by atoms with van der Waals surface area (Å²) in [5.41, 5.74) is 4.07. The van der Waals surface area contributed by atoms with Crippen LogP contribution in [0.2, 0.25) is 0 Å². The standard InChI is InChI=1S/C27H31N7O3/c1-18-22(19-9-5-3-6-10-19)31-32(2)24(18)29-27-28-20-17-21(26(35)34-11-7-4-8-12-34)37-23(20)25(30-27)33-13-15-36-16-14-33/h3,5-6,9-10,17H,4,7-8,11-16H2,1-2H3,(H,28,29,30). The SMILES string of the molecule is Cc1c(-c2ccccc2)nn(C)c1Nc1nc(N2CCOCC2)c2oc(C(=O)N3CCCCC3)cc2n1. The average molecular weight is 502 g/mol. The van der Waals surface area contributed by atoms with Gasteiger partial charge in [0.15, 0.2) is 17.2 Å². The van der Waals surface area contributed by atoms with Crippen molar-refractivity contribution in [1.29, 1.82) is 0 Å². The summed E-state index contributed by atoms with van der Waals surface area (Å²) in [5.74, 6) is 2.12. The molecule has 4 aromatic rings. The number of amides is 1. The molecule has 1 amide bonds. The van der Waals surface area contributed by atoms with Crippen LogP contribution in [0.25, 0.3) is 22.4 Å². The van der Waals surface area contributed by atoms with Gasteiger partial charge in [-0.15, -0.1) is 0 Å². The summed E-state index contributed by atoms with van der Waals surface area (Å²) in [5, 5.41) is 8.12. The minimum absolute atomic E-state index is 0.0879. The first kappa shape index (κ1) is 23.5. The van der Waals surface area contributed by atoms with Gasteiger partial charge >= 0.3 is 0 Å². The Morgan fingerprint density at radius 1 is 1.00 bits per heavy atom. The fourth-order valence-electron chi connectivity index (χ4n) is 5.10. The number of anilines is 3. The molecule has 1 N–H and O–H groups in total. The first-order valence-corrected chi connectivity index (χ1v) is 12.9. The maximum Gasteiger partial charge on any atom is 0.289 e. The third kappa shape index (κ3) is 4.53. The van der Waals surface area contributed by atoms with Crippen LogP contribution in [0.1, 0.15) is 35.4 Å². The minimum atomic E-state index is -0.0879. The molecule has 2 aliphatic heterocycles. The van der Waals surface area contributed by atoms with Gasteiger partial charge in [-0.1, -0.05) is 30.3 Å². The van der Waals surface area contributed by atoms with Crippen LogP contribution in [0, 0.1) is 6.92 Å². The highest BCUT2D eigenvalue weighted by atomic mass is 16.5. The van der Waals surface area contributed by atoms with Crippen molar-refractivity contribution in [2.75, 3.05) is 49.6 Å². The first-order valence-electron chi connectivity index (χ1n) is 12.9. The minimum Gasteiger partial charge on any atom is -0.445 e. The van der Waals surface area contributed by atoms with Crippen LogP contribution in [0.3, 0.4) is 0 Å². The van der Waals surface area contributed by atoms with Crippen molar-refractivity contribution in [2.45, 2.75) is 26.2 Å². The van der Waals surface area contributed by atoms with Gasteiger partial charge in [-0.2, -0.15) is 10.1 Å². The maximum absolute atomic E-state index is 13.2. The number of carbonyl (C=O) groups excluding carboxylic acids is 1.